The monoisotopic (exact) mass is 482 g/mol. The first-order chi connectivity index (χ1) is 17.5. The molecule has 0 radical (unpaired) electrons. The number of anilines is 2. The van der Waals surface area contributed by atoms with Crippen LogP contribution in [0, 0.1) is 13.8 Å². The van der Waals surface area contributed by atoms with Crippen molar-refractivity contribution in [1.29, 1.82) is 0 Å². The minimum Gasteiger partial charge on any atom is -0.492 e. The van der Waals surface area contributed by atoms with Crippen LogP contribution in [-0.4, -0.2) is 51.7 Å². The Kier molecular flexibility index (Phi) is 6.82. The van der Waals surface area contributed by atoms with Gasteiger partial charge in [0.1, 0.15) is 18.4 Å². The van der Waals surface area contributed by atoms with E-state index in [1.54, 1.807) is 0 Å². The number of aromatic nitrogens is 2. The quantitative estimate of drug-likeness (QED) is 0.339. The third kappa shape index (κ3) is 5.16. The summed E-state index contributed by atoms with van der Waals surface area (Å²) in [6.45, 7) is 6.13. The number of hydrogen-bond acceptors (Lipinski definition) is 6. The minimum atomic E-state index is -0.749. The number of hydrogen-bond donors (Lipinski definition) is 2. The zero-order chi connectivity index (χ0) is 25.1. The van der Waals surface area contributed by atoms with E-state index in [0.29, 0.717) is 25.5 Å². The fourth-order valence-corrected chi connectivity index (χ4v) is 4.94. The number of carbonyl (C=O) groups is 1. The zero-order valence-corrected chi connectivity index (χ0v) is 20.6. The number of nitrogens with one attached hydrogen (secondary N) is 1. The number of nitrogens with zero attached hydrogens (tertiary/aromatic N) is 3. The first-order valence-corrected chi connectivity index (χ1v) is 12.3. The number of fused-ring (bicyclic) bond motifs is 1. The van der Waals surface area contributed by atoms with E-state index >= 15 is 0 Å². The topological polar surface area (TPSA) is 87.6 Å². The highest BCUT2D eigenvalue weighted by atomic mass is 16.5. The van der Waals surface area contributed by atoms with Gasteiger partial charge < -0.3 is 15.2 Å². The summed E-state index contributed by atoms with van der Waals surface area (Å²) in [7, 11) is 0. The standard InChI is InChI=1S/C29H30N4O3/c1-19-5-3-6-20(2)27(19)21-8-13-25-22(17-21)18-30-29(32-25)31-23-9-11-24(12-10-23)36-16-15-33-14-4-7-26(33)28(34)35/h3,5-6,8-13,17-18,26H,4,7,14-16H2,1-2H3,(H,34,35)(H,30,31,32)/t26-/m1/s1. The Balaban J connectivity index is 1.21. The van der Waals surface area contributed by atoms with Crippen molar-refractivity contribution in [1.82, 2.24) is 14.9 Å². The van der Waals surface area contributed by atoms with Crippen LogP contribution in [0.1, 0.15) is 24.0 Å². The fraction of sp³-hybridized carbons (Fsp3) is 0.276. The van der Waals surface area contributed by atoms with Gasteiger partial charge in [0.05, 0.1) is 5.52 Å². The molecule has 0 bridgehead atoms. The summed E-state index contributed by atoms with van der Waals surface area (Å²) in [6, 6.07) is 19.9. The van der Waals surface area contributed by atoms with Crippen molar-refractivity contribution in [3.63, 3.8) is 0 Å². The number of likely N-dealkylation sites (tertiary alicyclic amines) is 1. The second kappa shape index (κ2) is 10.3. The van der Waals surface area contributed by atoms with E-state index in [1.165, 1.54) is 22.3 Å². The van der Waals surface area contributed by atoms with Crippen molar-refractivity contribution in [3.05, 3.63) is 78.0 Å². The molecule has 7 nitrogen and oxygen atoms in total. The van der Waals surface area contributed by atoms with Crippen molar-refractivity contribution >= 4 is 28.5 Å². The van der Waals surface area contributed by atoms with Crippen LogP contribution in [0.2, 0.25) is 0 Å². The number of carboxylic acid groups (broad SMARTS) is 1. The molecule has 1 saturated heterocycles. The molecule has 5 rings (SSSR count). The average molecular weight is 483 g/mol. The summed E-state index contributed by atoms with van der Waals surface area (Å²) in [5, 5.41) is 13.5. The summed E-state index contributed by atoms with van der Waals surface area (Å²) in [5.74, 6) is 0.524. The summed E-state index contributed by atoms with van der Waals surface area (Å²) in [6.07, 6.45) is 3.48. The van der Waals surface area contributed by atoms with Crippen molar-refractivity contribution in [2.45, 2.75) is 32.7 Å². The van der Waals surface area contributed by atoms with Crippen LogP contribution >= 0.6 is 0 Å². The maximum Gasteiger partial charge on any atom is 0.320 e. The summed E-state index contributed by atoms with van der Waals surface area (Å²) in [4.78, 5) is 22.5. The second-order valence-corrected chi connectivity index (χ2v) is 9.26. The van der Waals surface area contributed by atoms with Crippen molar-refractivity contribution < 1.29 is 14.6 Å². The highest BCUT2D eigenvalue weighted by molar-refractivity contribution is 5.86. The van der Waals surface area contributed by atoms with Gasteiger partial charge in [-0.05, 0) is 91.9 Å². The number of benzene rings is 3. The van der Waals surface area contributed by atoms with Crippen LogP contribution in [0.4, 0.5) is 11.6 Å². The van der Waals surface area contributed by atoms with E-state index in [-0.39, 0.29) is 6.04 Å². The van der Waals surface area contributed by atoms with Gasteiger partial charge in [-0.15, -0.1) is 0 Å². The number of rotatable bonds is 8. The van der Waals surface area contributed by atoms with Gasteiger partial charge in [0.2, 0.25) is 5.95 Å². The second-order valence-electron chi connectivity index (χ2n) is 9.26. The first kappa shape index (κ1) is 23.8. The van der Waals surface area contributed by atoms with Gasteiger partial charge in [0, 0.05) is 23.8 Å². The van der Waals surface area contributed by atoms with E-state index in [1.807, 2.05) is 41.4 Å². The van der Waals surface area contributed by atoms with Crippen molar-refractivity contribution in [2.75, 3.05) is 25.0 Å². The lowest BCUT2D eigenvalue weighted by molar-refractivity contribution is -0.142. The van der Waals surface area contributed by atoms with Crippen LogP contribution < -0.4 is 10.1 Å². The maximum atomic E-state index is 11.3. The molecule has 0 amide bonds. The third-order valence-electron chi connectivity index (χ3n) is 6.76. The number of aliphatic carboxylic acids is 1. The molecule has 36 heavy (non-hydrogen) atoms. The SMILES string of the molecule is Cc1cccc(C)c1-c1ccc2nc(Nc3ccc(OCCN4CCC[C@@H]4C(=O)O)cc3)ncc2c1. The van der Waals surface area contributed by atoms with Gasteiger partial charge in [-0.1, -0.05) is 24.3 Å². The molecule has 0 aliphatic carbocycles. The normalized spacial score (nSPS) is 15.8. The number of aryl methyl sites for hydroxylation is 2. The minimum absolute atomic E-state index is 0.389. The van der Waals surface area contributed by atoms with E-state index < -0.39 is 5.97 Å². The summed E-state index contributed by atoms with van der Waals surface area (Å²) >= 11 is 0. The molecule has 2 heterocycles. The van der Waals surface area contributed by atoms with E-state index in [9.17, 15) is 9.90 Å². The Labute approximate surface area is 210 Å². The highest BCUT2D eigenvalue weighted by Gasteiger charge is 2.29. The van der Waals surface area contributed by atoms with E-state index in [2.05, 4.69) is 59.5 Å². The molecule has 4 aromatic rings. The van der Waals surface area contributed by atoms with Crippen molar-refractivity contribution in [2.24, 2.45) is 0 Å². The smallest absolute Gasteiger partial charge is 0.320 e. The predicted octanol–water partition coefficient (Wildman–Crippen LogP) is 5.59. The predicted molar refractivity (Wildman–Crippen MR) is 142 cm³/mol. The molecule has 0 saturated carbocycles. The van der Waals surface area contributed by atoms with Crippen LogP contribution in [-0.2, 0) is 4.79 Å². The molecule has 1 aromatic heterocycles. The molecule has 7 heteroatoms. The molecule has 0 unspecified atom stereocenters. The van der Waals surface area contributed by atoms with E-state index in [4.69, 9.17) is 4.74 Å². The van der Waals surface area contributed by atoms with E-state index in [0.717, 1.165) is 35.3 Å². The molecular formula is C29H30N4O3. The van der Waals surface area contributed by atoms with Crippen LogP contribution in [0.25, 0.3) is 22.0 Å². The Hall–Kier alpha value is -3.97. The Morgan fingerprint density at radius 3 is 2.64 bits per heavy atom. The molecule has 0 spiro atoms. The van der Waals surface area contributed by atoms with Gasteiger partial charge in [-0.2, -0.15) is 0 Å². The number of ether oxygens (including phenoxy) is 1. The molecule has 2 N–H and O–H groups in total. The lowest BCUT2D eigenvalue weighted by Gasteiger charge is -2.20. The molecule has 1 aliphatic heterocycles. The molecule has 1 atom stereocenters. The van der Waals surface area contributed by atoms with Crippen LogP contribution in [0.3, 0.4) is 0 Å². The van der Waals surface area contributed by atoms with Crippen LogP contribution in [0.5, 0.6) is 5.75 Å². The van der Waals surface area contributed by atoms with Crippen LogP contribution in [0.15, 0.2) is 66.9 Å². The number of carboxylic acids is 1. The third-order valence-corrected chi connectivity index (χ3v) is 6.76. The average Bonchev–Trinajstić information content (AvgIpc) is 3.34. The molecule has 1 aliphatic rings. The zero-order valence-electron chi connectivity index (χ0n) is 20.6. The fourth-order valence-electron chi connectivity index (χ4n) is 4.94. The molecule has 184 valence electrons. The van der Waals surface area contributed by atoms with Gasteiger partial charge in [-0.25, -0.2) is 9.97 Å². The molecular weight excluding hydrogens is 452 g/mol. The van der Waals surface area contributed by atoms with Gasteiger partial charge >= 0.3 is 5.97 Å². The lowest BCUT2D eigenvalue weighted by Crippen LogP contribution is -2.38. The first-order valence-electron chi connectivity index (χ1n) is 12.3. The van der Waals surface area contributed by atoms with Gasteiger partial charge in [0.15, 0.2) is 0 Å². The Morgan fingerprint density at radius 1 is 1.11 bits per heavy atom. The maximum absolute atomic E-state index is 11.3. The lowest BCUT2D eigenvalue weighted by atomic mass is 9.95. The summed E-state index contributed by atoms with van der Waals surface area (Å²) in [5.41, 5.74) is 6.67. The highest BCUT2D eigenvalue weighted by Crippen LogP contribution is 2.30. The summed E-state index contributed by atoms with van der Waals surface area (Å²) < 4.78 is 5.83. The molecule has 1 fully saturated rings. The van der Waals surface area contributed by atoms with Gasteiger partial charge in [0.25, 0.3) is 0 Å². The largest absolute Gasteiger partial charge is 0.492 e. The Bertz CT molecular complexity index is 1370. The molecule has 3 aromatic carbocycles. The Morgan fingerprint density at radius 2 is 1.89 bits per heavy atom. The van der Waals surface area contributed by atoms with Gasteiger partial charge in [-0.3, -0.25) is 9.69 Å². The van der Waals surface area contributed by atoms with Crippen molar-refractivity contribution in [3.8, 4) is 16.9 Å².